The Morgan fingerprint density at radius 3 is 1.20 bits per heavy atom. The highest BCUT2D eigenvalue weighted by Crippen LogP contribution is 2.27. The Morgan fingerprint density at radius 1 is 0.478 bits per heavy atom. The molecule has 0 aromatic heterocycles. The third-order valence-electron chi connectivity index (χ3n) is 12.0. The summed E-state index contributed by atoms with van der Waals surface area (Å²) in [5, 5.41) is 29.8. The van der Waals surface area contributed by atoms with Crippen LogP contribution in [0.25, 0.3) is 0 Å². The molecule has 7 rings (SSSR count). The van der Waals surface area contributed by atoms with Crippen LogP contribution in [-0.2, 0) is 21.5 Å². The summed E-state index contributed by atoms with van der Waals surface area (Å²) < 4.78 is 10.7. The molecule has 16 heteroatoms. The van der Waals surface area contributed by atoms with E-state index in [2.05, 4.69) is 50.5 Å². The molecule has 0 saturated heterocycles. The second-order valence-electron chi connectivity index (χ2n) is 19.2. The zero-order chi connectivity index (χ0) is 63.6. The van der Waals surface area contributed by atoms with Crippen molar-refractivity contribution in [3.63, 3.8) is 0 Å². The maximum Gasteiger partial charge on any atom is 0.251 e. The number of aliphatic hydroxyl groups is 2. The zero-order valence-electron chi connectivity index (χ0n) is 50.4. The predicted molar refractivity (Wildman–Crippen MR) is 407 cm³/mol. The number of amides is 2. The van der Waals surface area contributed by atoms with Crippen molar-refractivity contribution in [3.05, 3.63) is 244 Å². The molecule has 7 aromatic carbocycles. The molecule has 518 valence electrons. The maximum atomic E-state index is 11.4. The molecule has 0 radical (unpaired) electrons. The van der Waals surface area contributed by atoms with Gasteiger partial charge in [-0.2, -0.15) is 0 Å². The van der Waals surface area contributed by atoms with Crippen molar-refractivity contribution < 1.29 is 34.1 Å². The van der Waals surface area contributed by atoms with Crippen molar-refractivity contribution in [2.45, 2.75) is 183 Å². The number of hydrogen-bond donors (Lipinski definition) is 4. The lowest BCUT2D eigenvalue weighted by Crippen LogP contribution is -2.23. The summed E-state index contributed by atoms with van der Waals surface area (Å²) in [6.45, 7) is 15.5. The molecule has 92 heavy (non-hydrogen) atoms. The molecule has 0 fully saturated rings. The smallest absolute Gasteiger partial charge is 0.251 e. The van der Waals surface area contributed by atoms with E-state index in [4.69, 9.17) is 90.7 Å². The third-order valence-corrected chi connectivity index (χ3v) is 13.8. The summed E-state index contributed by atoms with van der Waals surface area (Å²) in [6, 6.07) is 50.8. The van der Waals surface area contributed by atoms with E-state index < -0.39 is 5.60 Å². The molecule has 0 aliphatic heterocycles. The Bertz CT molecular complexity index is 2800. The molecule has 0 aliphatic carbocycles. The number of ether oxygens (including phenoxy) is 2. The summed E-state index contributed by atoms with van der Waals surface area (Å²) in [5.41, 5.74) is 5.53. The number of unbranched alkanes of at least 4 members (excludes halogenated alkanes) is 1. The number of aryl methyl sites for hydroxylation is 1. The number of halogens is 7. The Balaban J connectivity index is -0.000000181. The summed E-state index contributed by atoms with van der Waals surface area (Å²) in [4.78, 5) is 33.4. The summed E-state index contributed by atoms with van der Waals surface area (Å²) >= 11 is 40.0. The van der Waals surface area contributed by atoms with Gasteiger partial charge < -0.3 is 30.3 Å². The average molecular weight is 1410 g/mol. The highest BCUT2D eigenvalue weighted by molar-refractivity contribution is 6.32. The number of carbonyl (C=O) groups is 3. The molecule has 0 bridgehead atoms. The van der Waals surface area contributed by atoms with Crippen LogP contribution >= 0.6 is 81.2 Å². The van der Waals surface area contributed by atoms with Crippen LogP contribution < -0.4 is 10.6 Å². The number of rotatable bonds is 20. The van der Waals surface area contributed by atoms with E-state index in [1.165, 1.54) is 24.8 Å². The summed E-state index contributed by atoms with van der Waals surface area (Å²) in [7, 11) is 3.23. The van der Waals surface area contributed by atoms with E-state index in [9.17, 15) is 24.6 Å². The zero-order valence-corrected chi connectivity index (χ0v) is 55.7. The van der Waals surface area contributed by atoms with Gasteiger partial charge in [-0.1, -0.05) is 243 Å². The molecule has 0 spiro atoms. The number of carbonyl (C=O) groups excluding carboxylic acids is 3. The third kappa shape index (κ3) is 44.6. The minimum Gasteiger partial charge on any atom is -0.388 e. The topological polar surface area (TPSA) is 134 Å². The standard InChI is InChI=1S/C11H15ClO2.C11H15ClO.C10H12ClNO.C10H13ClO.C10H13Cl.C9H9ClO.C8H8ClNO.7CH4/c1-3-8-14-11(13-2)9-4-6-10(12)7-5-9;1-3-8-11(2,13)9-4-6-10(12)7-5-9;1-2-7-12-10(13)8-3-5-9(11)6-4-8;1-2-3-10(12)8-4-6-9(11)7-5-8;1-2-3-4-9-5-7-10(11)8-6-9;1-2-9(11)7-3-5-8(10)6-4-7;1-10-8(11)6-2-4-7(9)5-3-6;;;;;;;/h4-7,11H,3,8H2,1-2H3;4-7,13H,3,8H2,1-2H3;3-6H,2,7H2,1H3,(H,12,13);4-7,10,12H,2-3H2,1H3;5-8H,2-4H2,1H3;3-6H,2H2,1H3;2-5H,1H3,(H,10,11);7*1H4. The van der Waals surface area contributed by atoms with Gasteiger partial charge in [-0.15, -0.1) is 0 Å². The lowest BCUT2D eigenvalue weighted by Gasteiger charge is -2.23. The molecule has 3 unspecified atom stereocenters. The fraction of sp³-hybridized carbons (Fsp3) is 0.408. The Labute approximate surface area is 593 Å². The highest BCUT2D eigenvalue weighted by Gasteiger charge is 2.21. The van der Waals surface area contributed by atoms with Crippen molar-refractivity contribution in [1.82, 2.24) is 10.6 Å². The Morgan fingerprint density at radius 2 is 0.848 bits per heavy atom. The second kappa shape index (κ2) is 59.7. The van der Waals surface area contributed by atoms with E-state index >= 15 is 0 Å². The van der Waals surface area contributed by atoms with E-state index in [0.29, 0.717) is 55.8 Å². The van der Waals surface area contributed by atoms with Gasteiger partial charge in [0.25, 0.3) is 11.8 Å². The summed E-state index contributed by atoms with van der Waals surface area (Å²) in [6.07, 6.45) is 9.07. The fourth-order valence-corrected chi connectivity index (χ4v) is 8.15. The van der Waals surface area contributed by atoms with Crippen LogP contribution in [0.5, 0.6) is 0 Å². The van der Waals surface area contributed by atoms with Gasteiger partial charge in [-0.25, -0.2) is 0 Å². The monoisotopic (exact) mass is 1410 g/mol. The van der Waals surface area contributed by atoms with Crippen molar-refractivity contribution in [2.75, 3.05) is 27.3 Å². The molecule has 0 saturated carbocycles. The fourth-order valence-electron chi connectivity index (χ4n) is 7.27. The Hall–Kier alpha value is -4.98. The van der Waals surface area contributed by atoms with E-state index in [1.807, 2.05) is 81.4 Å². The predicted octanol–water partition coefficient (Wildman–Crippen LogP) is 25.2. The SMILES string of the molecule is C.C.C.C.C.C.C.CCC(=O)c1ccc(Cl)cc1.CCCC(C)(O)c1ccc(Cl)cc1.CCCC(O)c1ccc(Cl)cc1.CCCCc1ccc(Cl)cc1.CCCNC(=O)c1ccc(Cl)cc1.CCCOC(OC)c1ccc(Cl)cc1.CNC(=O)c1ccc(Cl)cc1. The van der Waals surface area contributed by atoms with E-state index in [-0.39, 0.29) is 82.0 Å². The van der Waals surface area contributed by atoms with Crippen molar-refractivity contribution in [3.8, 4) is 0 Å². The van der Waals surface area contributed by atoms with E-state index in [0.717, 1.165) is 70.8 Å². The first-order valence-electron chi connectivity index (χ1n) is 28.5. The van der Waals surface area contributed by atoms with Crippen LogP contribution in [-0.4, -0.2) is 55.1 Å². The first-order valence-corrected chi connectivity index (χ1v) is 31.1. The van der Waals surface area contributed by atoms with Crippen molar-refractivity contribution >= 4 is 98.8 Å². The minimum atomic E-state index is -0.723. The molecule has 9 nitrogen and oxygen atoms in total. The lowest BCUT2D eigenvalue weighted by atomic mass is 9.92. The molecule has 2 amide bonds. The van der Waals surface area contributed by atoms with Crippen LogP contribution in [0.4, 0.5) is 0 Å². The van der Waals surface area contributed by atoms with Crippen molar-refractivity contribution in [1.29, 1.82) is 0 Å². The van der Waals surface area contributed by atoms with Gasteiger partial charge in [0.15, 0.2) is 12.1 Å². The van der Waals surface area contributed by atoms with Crippen LogP contribution in [0.1, 0.15) is 224 Å². The van der Waals surface area contributed by atoms with Crippen molar-refractivity contribution in [2.24, 2.45) is 0 Å². The lowest BCUT2D eigenvalue weighted by molar-refractivity contribution is -0.127. The molecule has 0 heterocycles. The van der Waals surface area contributed by atoms with Gasteiger partial charge in [0.05, 0.1) is 11.7 Å². The van der Waals surface area contributed by atoms with Gasteiger partial charge in [0.1, 0.15) is 0 Å². The first kappa shape index (κ1) is 101. The summed E-state index contributed by atoms with van der Waals surface area (Å²) in [5.74, 6) is 0.0156. The molecular weight excluding hydrogens is 1300 g/mol. The quantitative estimate of drug-likeness (QED) is 0.0441. The number of hydrogen-bond acceptors (Lipinski definition) is 7. The number of aliphatic hydroxyl groups excluding tert-OH is 1. The maximum absolute atomic E-state index is 11.4. The number of nitrogens with one attached hydrogen (secondary N) is 2. The van der Waals surface area contributed by atoms with Crippen LogP contribution in [0.15, 0.2) is 170 Å². The number of benzene rings is 7. The van der Waals surface area contributed by atoms with Crippen LogP contribution in [0.2, 0.25) is 35.2 Å². The minimum absolute atomic E-state index is 0. The number of Topliss-reactive ketones (excluding diaryl/α,β-unsaturated/α-hetero) is 1. The number of ketones is 1. The van der Waals surface area contributed by atoms with Gasteiger partial charge in [-0.3, -0.25) is 14.4 Å². The second-order valence-corrected chi connectivity index (χ2v) is 22.3. The highest BCUT2D eigenvalue weighted by atomic mass is 35.5. The normalized spacial score (nSPS) is 10.6. The van der Waals surface area contributed by atoms with Gasteiger partial charge in [-0.05, 0) is 183 Å². The molecular formula is C76H113Cl7N2O7. The van der Waals surface area contributed by atoms with Gasteiger partial charge in [0, 0.05) is 91.1 Å². The largest absolute Gasteiger partial charge is 0.388 e. The van der Waals surface area contributed by atoms with Gasteiger partial charge in [0.2, 0.25) is 0 Å². The first-order chi connectivity index (χ1) is 40.6. The Kier molecular flexibility index (Phi) is 65.3. The van der Waals surface area contributed by atoms with Gasteiger partial charge >= 0.3 is 0 Å². The van der Waals surface area contributed by atoms with Crippen LogP contribution in [0.3, 0.4) is 0 Å². The average Bonchev–Trinajstić information content (AvgIpc) is 1.13. The van der Waals surface area contributed by atoms with E-state index in [1.54, 1.807) is 111 Å². The number of methoxy groups -OCH3 is 1. The molecule has 0 aliphatic rings. The molecule has 7 aromatic rings. The molecule has 4 N–H and O–H groups in total. The van der Waals surface area contributed by atoms with Crippen LogP contribution in [0, 0.1) is 0 Å². The molecule has 3 atom stereocenters.